The number of rotatable bonds is 3. The van der Waals surface area contributed by atoms with Crippen LogP contribution >= 0.6 is 0 Å². The van der Waals surface area contributed by atoms with Crippen molar-refractivity contribution >= 4 is 17.6 Å². The number of piperazine rings is 1. The number of carbonyl (C=O) groups is 2. The molecule has 1 aromatic rings. The lowest BCUT2D eigenvalue weighted by molar-refractivity contribution is -0.884. The van der Waals surface area contributed by atoms with Gasteiger partial charge < -0.3 is 15.1 Å². The predicted molar refractivity (Wildman–Crippen MR) is 87.0 cm³/mol. The highest BCUT2D eigenvalue weighted by Gasteiger charge is 2.32. The fraction of sp³-hybridized carbons (Fsp3) is 0.500. The van der Waals surface area contributed by atoms with Crippen LogP contribution in [0, 0.1) is 5.82 Å². The lowest BCUT2D eigenvalue weighted by Gasteiger charge is -2.30. The summed E-state index contributed by atoms with van der Waals surface area (Å²) in [6.07, 6.45) is 0.248. The van der Waals surface area contributed by atoms with Crippen molar-refractivity contribution < 1.29 is 18.9 Å². The van der Waals surface area contributed by atoms with E-state index >= 15 is 0 Å². The molecule has 3 rings (SSSR count). The molecule has 3 N–H and O–H groups in total. The Morgan fingerprint density at radius 3 is 2.58 bits per heavy atom. The van der Waals surface area contributed by atoms with Gasteiger partial charge in [-0.25, -0.2) is 14.2 Å². The van der Waals surface area contributed by atoms with Gasteiger partial charge in [-0.3, -0.25) is 10.2 Å². The molecule has 24 heavy (non-hydrogen) atoms. The Kier molecular flexibility index (Phi) is 4.96. The van der Waals surface area contributed by atoms with Gasteiger partial charge in [0, 0.05) is 18.7 Å². The number of halogens is 1. The van der Waals surface area contributed by atoms with Crippen LogP contribution in [0.4, 0.5) is 14.9 Å². The number of hydrogen-bond donors (Lipinski definition) is 3. The number of amides is 3. The van der Waals surface area contributed by atoms with Gasteiger partial charge >= 0.3 is 6.03 Å². The molecule has 0 radical (unpaired) electrons. The number of likely N-dealkylation sites (N-methyl/N-ethyl adjacent to an activating group) is 1. The van der Waals surface area contributed by atoms with E-state index in [1.54, 1.807) is 17.0 Å². The van der Waals surface area contributed by atoms with Crippen LogP contribution in [0.5, 0.6) is 0 Å². The minimum absolute atomic E-state index is 0.0740. The second kappa shape index (κ2) is 7.14. The van der Waals surface area contributed by atoms with Gasteiger partial charge in [-0.1, -0.05) is 0 Å². The van der Waals surface area contributed by atoms with E-state index in [1.165, 1.54) is 17.0 Å². The summed E-state index contributed by atoms with van der Waals surface area (Å²) in [4.78, 5) is 27.2. The summed E-state index contributed by atoms with van der Waals surface area (Å²) in [6.45, 7) is 3.99. The first-order chi connectivity index (χ1) is 11.5. The van der Waals surface area contributed by atoms with Crippen molar-refractivity contribution in [2.24, 2.45) is 0 Å². The predicted octanol–water partition coefficient (Wildman–Crippen LogP) is -1.02. The zero-order chi connectivity index (χ0) is 17.1. The molecule has 8 heteroatoms. The number of nitrogens with zero attached hydrogens (tertiary/aromatic N) is 2. The number of quaternary nitrogens is 1. The Morgan fingerprint density at radius 2 is 1.92 bits per heavy atom. The number of carbonyl (C=O) groups excluding carboxylic acids is 2. The summed E-state index contributed by atoms with van der Waals surface area (Å²) >= 11 is 0. The molecular formula is C16H23FN5O2+. The smallest absolute Gasteiger partial charge is 0.329 e. The monoisotopic (exact) mass is 336 g/mol. The summed E-state index contributed by atoms with van der Waals surface area (Å²) in [5.74, 6) is -0.413. The molecule has 0 bridgehead atoms. The molecule has 0 aromatic heterocycles. The van der Waals surface area contributed by atoms with Crippen LogP contribution in [-0.4, -0.2) is 62.8 Å². The van der Waals surface area contributed by atoms with Crippen LogP contribution in [0.1, 0.15) is 6.42 Å². The first kappa shape index (κ1) is 16.7. The van der Waals surface area contributed by atoms with Crippen molar-refractivity contribution in [1.29, 1.82) is 0 Å². The number of hydrazine groups is 1. The van der Waals surface area contributed by atoms with Gasteiger partial charge in [-0.2, -0.15) is 0 Å². The molecule has 1 atom stereocenters. The summed E-state index contributed by atoms with van der Waals surface area (Å²) in [7, 11) is 2.13. The van der Waals surface area contributed by atoms with Crippen LogP contribution in [-0.2, 0) is 4.79 Å². The number of hydrogen-bond acceptors (Lipinski definition) is 3. The van der Waals surface area contributed by atoms with Crippen molar-refractivity contribution in [3.63, 3.8) is 0 Å². The minimum atomic E-state index is -0.339. The molecule has 2 aliphatic rings. The Morgan fingerprint density at radius 1 is 1.25 bits per heavy atom. The summed E-state index contributed by atoms with van der Waals surface area (Å²) in [5, 5.41) is 4.74. The van der Waals surface area contributed by atoms with E-state index in [0.717, 1.165) is 26.2 Å². The number of benzene rings is 1. The summed E-state index contributed by atoms with van der Waals surface area (Å²) in [5.41, 5.74) is 3.48. The third kappa shape index (κ3) is 4.01. The van der Waals surface area contributed by atoms with Gasteiger partial charge in [-0.05, 0) is 24.3 Å². The zero-order valence-corrected chi connectivity index (χ0v) is 13.7. The number of urea groups is 1. The lowest BCUT2D eigenvalue weighted by atomic mass is 10.2. The van der Waals surface area contributed by atoms with E-state index in [0.29, 0.717) is 12.2 Å². The molecule has 0 spiro atoms. The Labute approximate surface area is 140 Å². The van der Waals surface area contributed by atoms with E-state index in [9.17, 15) is 14.0 Å². The lowest BCUT2D eigenvalue weighted by Crippen LogP contribution is -3.12. The van der Waals surface area contributed by atoms with E-state index in [2.05, 4.69) is 17.8 Å². The SMILES string of the molecule is C[NH+]1CCN(NC(=O)N[C@H]2CC(=O)N(c3ccc(F)cc3)C2)CC1. The fourth-order valence-corrected chi connectivity index (χ4v) is 3.04. The molecule has 2 aliphatic heterocycles. The molecular weight excluding hydrogens is 313 g/mol. The van der Waals surface area contributed by atoms with E-state index < -0.39 is 0 Å². The van der Waals surface area contributed by atoms with Crippen molar-refractivity contribution in [2.75, 3.05) is 44.7 Å². The average Bonchev–Trinajstić information content (AvgIpc) is 2.90. The van der Waals surface area contributed by atoms with Crippen LogP contribution in [0.15, 0.2) is 24.3 Å². The van der Waals surface area contributed by atoms with Gasteiger partial charge in [0.15, 0.2) is 0 Å². The highest BCUT2D eigenvalue weighted by atomic mass is 19.1. The molecule has 2 saturated heterocycles. The summed E-state index contributed by atoms with van der Waals surface area (Å²) < 4.78 is 13.0. The normalized spacial score (nSPS) is 22.7. The summed E-state index contributed by atoms with van der Waals surface area (Å²) in [6, 6.07) is 5.26. The minimum Gasteiger partial charge on any atom is -0.335 e. The van der Waals surface area contributed by atoms with E-state index in [1.807, 2.05) is 5.01 Å². The molecule has 1 aromatic carbocycles. The standard InChI is InChI=1S/C16H22FN5O2/c1-20-6-8-21(9-7-20)19-16(24)18-13-10-15(23)22(11-13)14-4-2-12(17)3-5-14/h2-5,13H,6-11H2,1H3,(H2,18,19,24)/p+1/t13-/m0/s1. The van der Waals surface area contributed by atoms with E-state index in [-0.39, 0.29) is 30.2 Å². The molecule has 3 amide bonds. The molecule has 2 fully saturated rings. The first-order valence-corrected chi connectivity index (χ1v) is 8.20. The number of nitrogens with one attached hydrogen (secondary N) is 3. The van der Waals surface area contributed by atoms with Crippen LogP contribution in [0.25, 0.3) is 0 Å². The third-order valence-electron chi connectivity index (χ3n) is 4.48. The van der Waals surface area contributed by atoms with Crippen LogP contribution in [0.3, 0.4) is 0 Å². The van der Waals surface area contributed by atoms with Crippen molar-refractivity contribution in [3.05, 3.63) is 30.1 Å². The molecule has 130 valence electrons. The van der Waals surface area contributed by atoms with Gasteiger partial charge in [0.05, 0.1) is 39.3 Å². The first-order valence-electron chi connectivity index (χ1n) is 8.20. The maximum Gasteiger partial charge on any atom is 0.329 e. The fourth-order valence-electron chi connectivity index (χ4n) is 3.04. The van der Waals surface area contributed by atoms with Gasteiger partial charge in [-0.15, -0.1) is 0 Å². The van der Waals surface area contributed by atoms with Crippen LogP contribution in [0.2, 0.25) is 0 Å². The molecule has 0 unspecified atom stereocenters. The maximum atomic E-state index is 13.0. The Hall–Kier alpha value is -2.19. The molecule has 2 heterocycles. The van der Waals surface area contributed by atoms with Gasteiger partial charge in [0.25, 0.3) is 0 Å². The number of anilines is 1. The molecule has 7 nitrogen and oxygen atoms in total. The Bertz CT molecular complexity index is 601. The highest BCUT2D eigenvalue weighted by Crippen LogP contribution is 2.21. The van der Waals surface area contributed by atoms with E-state index in [4.69, 9.17) is 0 Å². The van der Waals surface area contributed by atoms with Crippen molar-refractivity contribution in [1.82, 2.24) is 15.8 Å². The topological polar surface area (TPSA) is 69.1 Å². The van der Waals surface area contributed by atoms with Crippen molar-refractivity contribution in [2.45, 2.75) is 12.5 Å². The molecule has 0 aliphatic carbocycles. The zero-order valence-electron chi connectivity index (χ0n) is 13.7. The van der Waals surface area contributed by atoms with Gasteiger partial charge in [0.2, 0.25) is 5.91 Å². The van der Waals surface area contributed by atoms with Crippen molar-refractivity contribution in [3.8, 4) is 0 Å². The quantitative estimate of drug-likeness (QED) is 0.662. The second-order valence-corrected chi connectivity index (χ2v) is 6.41. The second-order valence-electron chi connectivity index (χ2n) is 6.41. The van der Waals surface area contributed by atoms with Crippen LogP contribution < -0.4 is 20.5 Å². The third-order valence-corrected chi connectivity index (χ3v) is 4.48. The van der Waals surface area contributed by atoms with Gasteiger partial charge in [0.1, 0.15) is 5.82 Å². The molecule has 0 saturated carbocycles. The Balaban J connectivity index is 1.50. The largest absolute Gasteiger partial charge is 0.335 e. The highest BCUT2D eigenvalue weighted by molar-refractivity contribution is 5.96. The maximum absolute atomic E-state index is 13.0. The average molecular weight is 336 g/mol.